The molecule has 1 aromatic carbocycles. The van der Waals surface area contributed by atoms with Gasteiger partial charge in [-0.3, -0.25) is 4.79 Å². The van der Waals surface area contributed by atoms with Gasteiger partial charge in [0.15, 0.2) is 0 Å². The van der Waals surface area contributed by atoms with Crippen LogP contribution in [0.3, 0.4) is 0 Å². The van der Waals surface area contributed by atoms with E-state index in [4.69, 9.17) is 15.1 Å². The fourth-order valence-corrected chi connectivity index (χ4v) is 1.32. The van der Waals surface area contributed by atoms with Crippen LogP contribution in [0.5, 0.6) is 0 Å². The zero-order valence-electron chi connectivity index (χ0n) is 8.36. The van der Waals surface area contributed by atoms with Crippen LogP contribution in [-0.4, -0.2) is 18.2 Å². The summed E-state index contributed by atoms with van der Waals surface area (Å²) in [4.78, 5) is 10.6. The van der Waals surface area contributed by atoms with Gasteiger partial charge in [0, 0.05) is 7.11 Å². The zero-order chi connectivity index (χ0) is 11.3. The van der Waals surface area contributed by atoms with E-state index in [0.29, 0.717) is 17.7 Å². The summed E-state index contributed by atoms with van der Waals surface area (Å²) in [5.41, 5.74) is 1.90. The Hall–Kier alpha value is -1.86. The van der Waals surface area contributed by atoms with Gasteiger partial charge in [-0.15, -0.1) is 0 Å². The molecule has 0 fully saturated rings. The molecule has 0 aliphatic carbocycles. The van der Waals surface area contributed by atoms with E-state index in [0.717, 1.165) is 5.56 Å². The number of rotatable bonds is 4. The normalized spacial score (nSPS) is 9.60. The van der Waals surface area contributed by atoms with Crippen LogP contribution in [0.4, 0.5) is 0 Å². The largest absolute Gasteiger partial charge is 0.481 e. The Labute approximate surface area is 87.7 Å². The van der Waals surface area contributed by atoms with E-state index in [1.54, 1.807) is 25.3 Å². The van der Waals surface area contributed by atoms with Crippen LogP contribution in [-0.2, 0) is 22.6 Å². The van der Waals surface area contributed by atoms with Gasteiger partial charge in [-0.25, -0.2) is 0 Å². The number of ether oxygens (including phenoxy) is 1. The van der Waals surface area contributed by atoms with Crippen molar-refractivity contribution in [3.8, 4) is 6.07 Å². The molecule has 4 heteroatoms. The first kappa shape index (κ1) is 11.2. The second-order valence-corrected chi connectivity index (χ2v) is 3.10. The Morgan fingerprint density at radius 1 is 1.53 bits per heavy atom. The number of carboxylic acids is 1. The van der Waals surface area contributed by atoms with Gasteiger partial charge in [0.2, 0.25) is 0 Å². The summed E-state index contributed by atoms with van der Waals surface area (Å²) in [6.07, 6.45) is -0.0891. The van der Waals surface area contributed by atoms with Crippen molar-refractivity contribution >= 4 is 5.97 Å². The molecular formula is C11H11NO3. The summed E-state index contributed by atoms with van der Waals surface area (Å²) < 4.78 is 4.95. The number of methoxy groups -OCH3 is 1. The molecule has 0 aliphatic rings. The number of nitriles is 1. The van der Waals surface area contributed by atoms with Crippen molar-refractivity contribution in [2.45, 2.75) is 13.0 Å². The molecule has 0 atom stereocenters. The summed E-state index contributed by atoms with van der Waals surface area (Å²) in [6.45, 7) is 0.355. The predicted octanol–water partition coefficient (Wildman–Crippen LogP) is 1.33. The molecular weight excluding hydrogens is 194 g/mol. The highest BCUT2D eigenvalue weighted by molar-refractivity contribution is 5.71. The first-order valence-corrected chi connectivity index (χ1v) is 4.40. The zero-order valence-corrected chi connectivity index (χ0v) is 8.36. The number of carbonyl (C=O) groups is 1. The van der Waals surface area contributed by atoms with Gasteiger partial charge < -0.3 is 9.84 Å². The lowest BCUT2D eigenvalue weighted by molar-refractivity contribution is -0.136. The van der Waals surface area contributed by atoms with E-state index < -0.39 is 5.97 Å². The Morgan fingerprint density at radius 2 is 2.27 bits per heavy atom. The second kappa shape index (κ2) is 5.13. The van der Waals surface area contributed by atoms with Crippen molar-refractivity contribution in [3.63, 3.8) is 0 Å². The lowest BCUT2D eigenvalue weighted by Crippen LogP contribution is -2.04. The number of aliphatic carboxylic acids is 1. The van der Waals surface area contributed by atoms with E-state index in [9.17, 15) is 4.79 Å². The fourth-order valence-electron chi connectivity index (χ4n) is 1.32. The third-order valence-corrected chi connectivity index (χ3v) is 1.98. The molecule has 0 radical (unpaired) electrons. The highest BCUT2D eigenvalue weighted by Crippen LogP contribution is 2.13. The number of hydrogen-bond donors (Lipinski definition) is 1. The average Bonchev–Trinajstić information content (AvgIpc) is 2.20. The first-order valence-electron chi connectivity index (χ1n) is 4.40. The lowest BCUT2D eigenvalue weighted by Gasteiger charge is -2.06. The maximum Gasteiger partial charge on any atom is 0.307 e. The fraction of sp³-hybridized carbons (Fsp3) is 0.273. The average molecular weight is 205 g/mol. The standard InChI is InChI=1S/C11H11NO3/c1-15-7-9-3-2-8(6-12)4-10(9)5-11(13)14/h2-4H,5,7H2,1H3,(H,13,14). The summed E-state index contributed by atoms with van der Waals surface area (Å²) >= 11 is 0. The van der Waals surface area contributed by atoms with Gasteiger partial charge in [0.05, 0.1) is 24.7 Å². The predicted molar refractivity (Wildman–Crippen MR) is 53.2 cm³/mol. The molecule has 0 saturated heterocycles. The molecule has 0 heterocycles. The van der Waals surface area contributed by atoms with Crippen molar-refractivity contribution < 1.29 is 14.6 Å². The molecule has 0 unspecified atom stereocenters. The molecule has 0 saturated carbocycles. The lowest BCUT2D eigenvalue weighted by atomic mass is 10.0. The second-order valence-electron chi connectivity index (χ2n) is 3.10. The number of carboxylic acid groups (broad SMARTS) is 1. The number of hydrogen-bond acceptors (Lipinski definition) is 3. The van der Waals surface area contributed by atoms with Gasteiger partial charge in [-0.2, -0.15) is 5.26 Å². The highest BCUT2D eigenvalue weighted by Gasteiger charge is 2.07. The van der Waals surface area contributed by atoms with Gasteiger partial charge in [0.25, 0.3) is 0 Å². The molecule has 15 heavy (non-hydrogen) atoms. The maximum absolute atomic E-state index is 10.6. The SMILES string of the molecule is COCc1ccc(C#N)cc1CC(=O)O. The third kappa shape index (κ3) is 3.08. The van der Waals surface area contributed by atoms with Gasteiger partial charge in [-0.1, -0.05) is 6.07 Å². The monoisotopic (exact) mass is 205 g/mol. The van der Waals surface area contributed by atoms with E-state index >= 15 is 0 Å². The quantitative estimate of drug-likeness (QED) is 0.805. The van der Waals surface area contributed by atoms with Crippen molar-refractivity contribution in [1.29, 1.82) is 5.26 Å². The number of benzene rings is 1. The van der Waals surface area contributed by atoms with Crippen LogP contribution in [0.2, 0.25) is 0 Å². The minimum atomic E-state index is -0.914. The van der Waals surface area contributed by atoms with E-state index in [1.807, 2.05) is 6.07 Å². The highest BCUT2D eigenvalue weighted by atomic mass is 16.5. The molecule has 1 N–H and O–H groups in total. The van der Waals surface area contributed by atoms with Crippen LogP contribution in [0.15, 0.2) is 18.2 Å². The molecule has 0 bridgehead atoms. The Bertz CT molecular complexity index is 407. The maximum atomic E-state index is 10.6. The number of nitrogens with zero attached hydrogens (tertiary/aromatic N) is 1. The minimum Gasteiger partial charge on any atom is -0.481 e. The van der Waals surface area contributed by atoms with Crippen LogP contribution >= 0.6 is 0 Å². The summed E-state index contributed by atoms with van der Waals surface area (Å²) in [6, 6.07) is 6.94. The molecule has 0 aliphatic heterocycles. The molecule has 0 spiro atoms. The summed E-state index contributed by atoms with van der Waals surface area (Å²) in [7, 11) is 1.54. The Balaban J connectivity index is 3.05. The van der Waals surface area contributed by atoms with Gasteiger partial charge in [-0.05, 0) is 23.3 Å². The van der Waals surface area contributed by atoms with E-state index in [2.05, 4.69) is 0 Å². The summed E-state index contributed by atoms with van der Waals surface area (Å²) in [5.74, 6) is -0.914. The third-order valence-electron chi connectivity index (χ3n) is 1.98. The van der Waals surface area contributed by atoms with Crippen molar-refractivity contribution in [3.05, 3.63) is 34.9 Å². The molecule has 1 rings (SSSR count). The topological polar surface area (TPSA) is 70.3 Å². The molecule has 0 amide bonds. The Kier molecular flexibility index (Phi) is 3.83. The molecule has 78 valence electrons. The van der Waals surface area contributed by atoms with Crippen LogP contribution < -0.4 is 0 Å². The smallest absolute Gasteiger partial charge is 0.307 e. The molecule has 1 aromatic rings. The van der Waals surface area contributed by atoms with E-state index in [-0.39, 0.29) is 6.42 Å². The molecule has 0 aromatic heterocycles. The van der Waals surface area contributed by atoms with Crippen LogP contribution in [0, 0.1) is 11.3 Å². The van der Waals surface area contributed by atoms with Gasteiger partial charge >= 0.3 is 5.97 Å². The van der Waals surface area contributed by atoms with Crippen LogP contribution in [0.25, 0.3) is 0 Å². The molecule has 4 nitrogen and oxygen atoms in total. The first-order chi connectivity index (χ1) is 7.17. The van der Waals surface area contributed by atoms with Crippen molar-refractivity contribution in [2.24, 2.45) is 0 Å². The van der Waals surface area contributed by atoms with Crippen LogP contribution in [0.1, 0.15) is 16.7 Å². The van der Waals surface area contributed by atoms with Crippen molar-refractivity contribution in [1.82, 2.24) is 0 Å². The minimum absolute atomic E-state index is 0.0891. The van der Waals surface area contributed by atoms with E-state index in [1.165, 1.54) is 0 Å². The van der Waals surface area contributed by atoms with Crippen molar-refractivity contribution in [2.75, 3.05) is 7.11 Å². The summed E-state index contributed by atoms with van der Waals surface area (Å²) in [5, 5.41) is 17.4. The van der Waals surface area contributed by atoms with Gasteiger partial charge in [0.1, 0.15) is 0 Å². The Morgan fingerprint density at radius 3 is 2.80 bits per heavy atom.